The molecule has 15 rings (SSSR count). The highest BCUT2D eigenvalue weighted by Gasteiger charge is 2.37. The minimum Gasteiger partial charge on any atom is -0.381 e. The molecule has 0 aromatic rings. The molecule has 22 heteroatoms. The molecule has 0 radical (unpaired) electrons. The Morgan fingerprint density at radius 1 is 0.209 bits per heavy atom. The van der Waals surface area contributed by atoms with Gasteiger partial charge >= 0.3 is 0 Å². The van der Waals surface area contributed by atoms with Crippen LogP contribution in [0.5, 0.6) is 0 Å². The third-order valence-corrected chi connectivity index (χ3v) is 28.9. The first-order valence-corrected chi connectivity index (χ1v) is 46.3. The Labute approximate surface area is 676 Å². The van der Waals surface area contributed by atoms with Crippen LogP contribution < -0.4 is 0 Å². The Hall–Kier alpha value is -0.880. The number of rotatable bonds is 17. The minimum absolute atomic E-state index is 0.516. The van der Waals surface area contributed by atoms with Crippen molar-refractivity contribution in [1.29, 1.82) is 0 Å². The molecule has 14 aliphatic heterocycles. The lowest BCUT2D eigenvalue weighted by Gasteiger charge is -2.46. The van der Waals surface area contributed by atoms with Gasteiger partial charge in [0.1, 0.15) is 0 Å². The summed E-state index contributed by atoms with van der Waals surface area (Å²) in [7, 11) is 5.94. The summed E-state index contributed by atoms with van der Waals surface area (Å²) in [6.45, 7) is 80.1. The van der Waals surface area contributed by atoms with Gasteiger partial charge in [0.2, 0.25) is 0 Å². The average molecular weight is 1550 g/mol. The van der Waals surface area contributed by atoms with Crippen LogP contribution in [0.4, 0.5) is 0 Å². The summed E-state index contributed by atoms with van der Waals surface area (Å²) in [6.07, 6.45) is 19.2. The minimum atomic E-state index is 0.516. The van der Waals surface area contributed by atoms with E-state index in [1.165, 1.54) is 299 Å². The lowest BCUT2D eigenvalue weighted by molar-refractivity contribution is -0.0815. The third kappa shape index (κ3) is 30.4. The molecule has 0 bridgehead atoms. The first-order chi connectivity index (χ1) is 53.1. The van der Waals surface area contributed by atoms with Crippen molar-refractivity contribution in [3.63, 3.8) is 0 Å². The molecule has 0 spiro atoms. The molecule has 110 heavy (non-hydrogen) atoms. The molecule has 22 nitrogen and oxygen atoms in total. The summed E-state index contributed by atoms with van der Waals surface area (Å²) < 4.78 is 32.2. The molecule has 15 aliphatic rings. The first kappa shape index (κ1) is 93.0. The van der Waals surface area contributed by atoms with Crippen LogP contribution in [0.3, 0.4) is 0 Å². The highest BCUT2D eigenvalue weighted by Crippen LogP contribution is 2.29. The predicted molar refractivity (Wildman–Crippen MR) is 457 cm³/mol. The van der Waals surface area contributed by atoms with E-state index in [0.717, 1.165) is 113 Å². The van der Waals surface area contributed by atoms with Gasteiger partial charge in [-0.25, -0.2) is 0 Å². The van der Waals surface area contributed by atoms with E-state index in [1.54, 1.807) is 0 Å². The maximum atomic E-state index is 5.45. The van der Waals surface area contributed by atoms with Crippen LogP contribution in [0.1, 0.15) is 187 Å². The summed E-state index contributed by atoms with van der Waals surface area (Å²) in [4.78, 5) is 41.9. The number of hydrogen-bond acceptors (Lipinski definition) is 22. The van der Waals surface area contributed by atoms with Crippen molar-refractivity contribution in [2.24, 2.45) is 0 Å². The number of nitrogens with zero attached hydrogens (tertiary/aromatic N) is 16. The first-order valence-electron chi connectivity index (χ1n) is 46.3. The van der Waals surface area contributed by atoms with Gasteiger partial charge in [0, 0.05) is 283 Å². The van der Waals surface area contributed by atoms with E-state index in [0.29, 0.717) is 42.4 Å². The van der Waals surface area contributed by atoms with Gasteiger partial charge in [0.15, 0.2) is 0 Å². The van der Waals surface area contributed by atoms with E-state index in [4.69, 9.17) is 28.4 Å². The number of piperazine rings is 6. The van der Waals surface area contributed by atoms with E-state index in [1.807, 2.05) is 14.2 Å². The van der Waals surface area contributed by atoms with Crippen molar-refractivity contribution in [2.75, 3.05) is 284 Å². The molecular formula is C88H176N16O6. The Morgan fingerprint density at radius 3 is 0.736 bits per heavy atom. The van der Waals surface area contributed by atoms with Crippen LogP contribution in [0.25, 0.3) is 0 Å². The predicted octanol–water partition coefficient (Wildman–Crippen LogP) is 7.94. The van der Waals surface area contributed by atoms with Crippen LogP contribution in [0.2, 0.25) is 0 Å². The molecule has 14 heterocycles. The number of ether oxygens (including phenoxy) is 6. The molecule has 0 aromatic heterocycles. The molecule has 3 unspecified atom stereocenters. The second-order valence-electron chi connectivity index (χ2n) is 37.7. The van der Waals surface area contributed by atoms with Crippen molar-refractivity contribution >= 4 is 0 Å². The fourth-order valence-corrected chi connectivity index (χ4v) is 20.1. The number of hydrogen-bond donors (Lipinski definition) is 0. The molecular weight excluding hydrogens is 1380 g/mol. The van der Waals surface area contributed by atoms with Crippen LogP contribution >= 0.6 is 0 Å². The summed E-state index contributed by atoms with van der Waals surface area (Å²) in [5.41, 5.74) is 0. The average Bonchev–Trinajstić information content (AvgIpc) is 1.35. The van der Waals surface area contributed by atoms with Gasteiger partial charge in [-0.2, -0.15) is 0 Å². The van der Waals surface area contributed by atoms with E-state index < -0.39 is 0 Å². The monoisotopic (exact) mass is 1550 g/mol. The second-order valence-corrected chi connectivity index (χ2v) is 37.7. The number of likely N-dealkylation sites (tertiary alicyclic amines) is 4. The SMILES string of the molecule is CC(C)N1CCC(N2CCN(C3COC3)CC2)CC1.CC(C)N1CCN(C2CCN(C)CC2)CC1.CC(C)N1CCN(C2CCOC2)CC1.CC(C)N1CCN(C2CCOCC2)CC1.CC(C)N1CCN(C2COC2)CC1.COC1CCC(N2CCN(C(C)C)CC2)C1.COC1CCN(C2CCN(C(C)C)CC2)CC1. The smallest absolute Gasteiger partial charge is 0.0645 e. The molecule has 1 saturated carbocycles. The maximum absolute atomic E-state index is 5.45. The van der Waals surface area contributed by atoms with Crippen molar-refractivity contribution in [3.05, 3.63) is 0 Å². The van der Waals surface area contributed by atoms with Gasteiger partial charge in [-0.3, -0.25) is 58.8 Å². The zero-order chi connectivity index (χ0) is 78.5. The summed E-state index contributed by atoms with van der Waals surface area (Å²) in [5.74, 6) is 0. The summed E-state index contributed by atoms with van der Waals surface area (Å²) in [5, 5.41) is 0. The molecule has 644 valence electrons. The molecule has 0 N–H and O–H groups in total. The van der Waals surface area contributed by atoms with Gasteiger partial charge in [-0.1, -0.05) is 0 Å². The Morgan fingerprint density at radius 2 is 0.455 bits per heavy atom. The fraction of sp³-hybridized carbons (Fsp3) is 1.00. The Balaban J connectivity index is 0.000000148. The number of piperidine rings is 4. The van der Waals surface area contributed by atoms with Crippen molar-refractivity contribution in [1.82, 2.24) is 78.4 Å². The highest BCUT2D eigenvalue weighted by atomic mass is 16.5. The van der Waals surface area contributed by atoms with E-state index in [2.05, 4.69) is 182 Å². The lowest BCUT2D eigenvalue weighted by Crippen LogP contribution is -2.59. The molecule has 1 aliphatic carbocycles. The highest BCUT2D eigenvalue weighted by molar-refractivity contribution is 4.92. The van der Waals surface area contributed by atoms with Gasteiger partial charge in [-0.05, 0) is 233 Å². The zero-order valence-corrected chi connectivity index (χ0v) is 74.6. The largest absolute Gasteiger partial charge is 0.381 e. The second kappa shape index (κ2) is 49.6. The van der Waals surface area contributed by atoms with Gasteiger partial charge < -0.3 is 48.0 Å². The van der Waals surface area contributed by atoms with E-state index in [-0.39, 0.29) is 0 Å². The third-order valence-electron chi connectivity index (χ3n) is 28.9. The van der Waals surface area contributed by atoms with Gasteiger partial charge in [0.25, 0.3) is 0 Å². The standard InChI is InChI=1S/C15H29N3O.C14H28N2O.C13H27N3.C13H26N2O.C12H24N2O.C11H22N2O.C10H20N2O/c1-13(2)16-5-3-14(4-6-16)17-7-9-18(10-8-17)15-11-19-12-15;1-12(2)15-8-4-13(5-9-15)16-10-6-14(17-3)7-11-16;1-12(2)15-8-10-16(11-9-15)13-4-6-14(3)7-5-13;1-11(2)14-6-8-15(9-7-14)12-4-5-13(10-12)16-3;1-11(2)13-5-7-14(8-6-13)12-3-9-15-10-4-12;1-10(2)12-4-6-13(7-5-12)11-3-8-14-9-11;1-9(2)11-3-5-12(6-4-11)10-7-13-8-10/h13-15H,3-12H2,1-2H3;12-14H,4-11H2,1-3H3;12-13H,4-11H2,1-3H3;11-13H,4-10H2,1-3H3;11-12H,3-10H2,1-2H3;10-11H,3-9H2,1-2H3;9-10H,3-8H2,1-2H3. The van der Waals surface area contributed by atoms with E-state index >= 15 is 0 Å². The molecule has 14 saturated heterocycles. The van der Waals surface area contributed by atoms with Crippen LogP contribution in [-0.2, 0) is 28.4 Å². The molecule has 0 aromatic carbocycles. The van der Waals surface area contributed by atoms with Crippen molar-refractivity contribution < 1.29 is 28.4 Å². The van der Waals surface area contributed by atoms with Gasteiger partial charge in [-0.15, -0.1) is 0 Å². The van der Waals surface area contributed by atoms with Crippen molar-refractivity contribution in [2.45, 2.75) is 290 Å². The lowest BCUT2D eigenvalue weighted by atomic mass is 9.98. The zero-order valence-electron chi connectivity index (χ0n) is 74.6. The van der Waals surface area contributed by atoms with Gasteiger partial charge in [0.05, 0.1) is 57.3 Å². The fourth-order valence-electron chi connectivity index (χ4n) is 20.1. The summed E-state index contributed by atoms with van der Waals surface area (Å²) >= 11 is 0. The number of methoxy groups -OCH3 is 2. The van der Waals surface area contributed by atoms with E-state index in [9.17, 15) is 0 Å². The topological polar surface area (TPSA) is 107 Å². The van der Waals surface area contributed by atoms with Crippen LogP contribution in [-0.4, -0.2) is 465 Å². The molecule has 0 amide bonds. The summed E-state index contributed by atoms with van der Waals surface area (Å²) in [6, 6.07) is 11.3. The molecule has 15 fully saturated rings. The quantitative estimate of drug-likeness (QED) is 0.141. The van der Waals surface area contributed by atoms with Crippen molar-refractivity contribution in [3.8, 4) is 0 Å². The van der Waals surface area contributed by atoms with Crippen LogP contribution in [0, 0.1) is 0 Å². The Bertz CT molecular complexity index is 2280. The van der Waals surface area contributed by atoms with Crippen LogP contribution in [0.15, 0.2) is 0 Å². The normalized spacial score (nSPS) is 29.3. The molecule has 3 atom stereocenters. The Kier molecular flexibility index (Phi) is 42.0. The maximum Gasteiger partial charge on any atom is 0.0645 e.